The average Bonchev–Trinajstić information content (AvgIpc) is 3.18. The van der Waals surface area contributed by atoms with Crippen LogP contribution in [0.1, 0.15) is 41.7 Å². The molecule has 1 saturated heterocycles. The molecule has 28 heavy (non-hydrogen) atoms. The molecule has 1 aliphatic heterocycles. The van der Waals surface area contributed by atoms with Crippen LogP contribution in [0, 0.1) is 13.8 Å². The Kier molecular flexibility index (Phi) is 4.81. The van der Waals surface area contributed by atoms with Crippen molar-refractivity contribution in [1.82, 2.24) is 14.9 Å². The predicted octanol–water partition coefficient (Wildman–Crippen LogP) is 4.40. The van der Waals surface area contributed by atoms with Crippen LogP contribution < -0.4 is 10.2 Å². The van der Waals surface area contributed by atoms with Crippen molar-refractivity contribution in [3.63, 3.8) is 0 Å². The van der Waals surface area contributed by atoms with Crippen LogP contribution in [-0.2, 0) is 6.54 Å². The number of phenols is 1. The van der Waals surface area contributed by atoms with Crippen LogP contribution in [0.2, 0.25) is 0 Å². The summed E-state index contributed by atoms with van der Waals surface area (Å²) in [7, 11) is 0. The second-order valence-corrected chi connectivity index (χ2v) is 7.44. The molecule has 0 saturated carbocycles. The summed E-state index contributed by atoms with van der Waals surface area (Å²) >= 11 is 5.72. The van der Waals surface area contributed by atoms with Gasteiger partial charge in [0.05, 0.1) is 23.5 Å². The second kappa shape index (κ2) is 7.28. The van der Waals surface area contributed by atoms with E-state index < -0.39 is 0 Å². The molecule has 144 valence electrons. The Bertz CT molecular complexity index is 1010. The molecule has 3 aromatic rings. The molecular formula is C22H24N4OS. The first kappa shape index (κ1) is 18.5. The first-order valence-corrected chi connectivity index (χ1v) is 9.89. The zero-order valence-corrected chi connectivity index (χ0v) is 17.1. The lowest BCUT2D eigenvalue weighted by Gasteiger charge is -2.28. The van der Waals surface area contributed by atoms with Gasteiger partial charge in [0, 0.05) is 24.1 Å². The number of anilines is 1. The molecule has 0 spiro atoms. The summed E-state index contributed by atoms with van der Waals surface area (Å²) in [6.07, 6.45) is 1.80. The number of nitrogens with zero attached hydrogens (tertiary/aromatic N) is 3. The Morgan fingerprint density at radius 2 is 1.89 bits per heavy atom. The zero-order valence-electron chi connectivity index (χ0n) is 16.3. The number of hydrogen-bond donors (Lipinski definition) is 2. The van der Waals surface area contributed by atoms with Crippen LogP contribution in [0.25, 0.3) is 0 Å². The Balaban J connectivity index is 1.91. The van der Waals surface area contributed by atoms with Crippen LogP contribution in [0.5, 0.6) is 5.75 Å². The Hall–Kier alpha value is -2.86. The second-order valence-electron chi connectivity index (χ2n) is 7.06. The molecule has 0 unspecified atom stereocenters. The lowest BCUT2D eigenvalue weighted by atomic mass is 9.96. The Morgan fingerprint density at radius 3 is 2.54 bits per heavy atom. The predicted molar refractivity (Wildman–Crippen MR) is 116 cm³/mol. The summed E-state index contributed by atoms with van der Waals surface area (Å²) in [5.41, 5.74) is 5.23. The molecule has 0 aliphatic carbocycles. The molecule has 5 nitrogen and oxygen atoms in total. The van der Waals surface area contributed by atoms with Gasteiger partial charge in [-0.15, -0.1) is 0 Å². The summed E-state index contributed by atoms with van der Waals surface area (Å²) in [5.74, 6) is 0.211. The molecule has 2 N–H and O–H groups in total. The monoisotopic (exact) mass is 392 g/mol. The first-order chi connectivity index (χ1) is 13.5. The molecule has 2 aromatic heterocycles. The molecule has 0 radical (unpaired) electrons. The van der Waals surface area contributed by atoms with Crippen LogP contribution in [0.15, 0.2) is 54.7 Å². The van der Waals surface area contributed by atoms with Crippen LogP contribution in [0.3, 0.4) is 0 Å². The highest BCUT2D eigenvalue weighted by Crippen LogP contribution is 2.45. The minimum Gasteiger partial charge on any atom is -0.506 e. The van der Waals surface area contributed by atoms with E-state index in [0.29, 0.717) is 10.8 Å². The van der Waals surface area contributed by atoms with E-state index in [9.17, 15) is 5.11 Å². The lowest BCUT2D eigenvalue weighted by Crippen LogP contribution is -2.29. The molecule has 6 heteroatoms. The number of thiocarbonyl (C=S) groups is 1. The normalized spacial score (nSPS) is 19.1. The van der Waals surface area contributed by atoms with Gasteiger partial charge in [-0.05, 0) is 68.9 Å². The van der Waals surface area contributed by atoms with Crippen molar-refractivity contribution >= 4 is 23.0 Å². The number of para-hydroxylation sites is 2. The van der Waals surface area contributed by atoms with Gasteiger partial charge in [-0.1, -0.05) is 18.2 Å². The number of phenolic OH excluding ortho intramolecular Hbond substituents is 1. The summed E-state index contributed by atoms with van der Waals surface area (Å²) in [6, 6.07) is 15.2. The fourth-order valence-corrected chi connectivity index (χ4v) is 4.55. The molecule has 0 bridgehead atoms. The van der Waals surface area contributed by atoms with Crippen molar-refractivity contribution in [2.45, 2.75) is 39.4 Å². The molecule has 1 fully saturated rings. The number of pyridine rings is 1. The molecule has 2 atom stereocenters. The number of aromatic nitrogens is 2. The highest BCUT2D eigenvalue weighted by atomic mass is 32.1. The number of rotatable bonds is 4. The van der Waals surface area contributed by atoms with Gasteiger partial charge in [-0.25, -0.2) is 0 Å². The smallest absolute Gasteiger partial charge is 0.174 e. The van der Waals surface area contributed by atoms with Gasteiger partial charge in [-0.3, -0.25) is 4.98 Å². The van der Waals surface area contributed by atoms with Crippen LogP contribution >= 0.6 is 12.2 Å². The van der Waals surface area contributed by atoms with Gasteiger partial charge in [0.25, 0.3) is 0 Å². The van der Waals surface area contributed by atoms with Gasteiger partial charge in [0.1, 0.15) is 5.75 Å². The summed E-state index contributed by atoms with van der Waals surface area (Å²) in [5, 5.41) is 14.6. The SMILES string of the molecule is CCn1c(C)cc([C@@H]2[C@@H](c3ccccn3)NC(=S)N2c2ccccc2O)c1C. The van der Waals surface area contributed by atoms with Crippen molar-refractivity contribution in [1.29, 1.82) is 0 Å². The summed E-state index contributed by atoms with van der Waals surface area (Å²) in [4.78, 5) is 6.60. The van der Waals surface area contributed by atoms with Gasteiger partial charge in [-0.2, -0.15) is 0 Å². The van der Waals surface area contributed by atoms with Crippen molar-refractivity contribution in [2.24, 2.45) is 0 Å². The van der Waals surface area contributed by atoms with E-state index in [4.69, 9.17) is 12.2 Å². The minimum absolute atomic E-state index is 0.109. The van der Waals surface area contributed by atoms with Gasteiger partial charge in [0.15, 0.2) is 5.11 Å². The van der Waals surface area contributed by atoms with Crippen molar-refractivity contribution in [3.05, 3.63) is 77.4 Å². The van der Waals surface area contributed by atoms with E-state index in [-0.39, 0.29) is 17.8 Å². The number of nitrogens with one attached hydrogen (secondary N) is 1. The third kappa shape index (κ3) is 2.94. The van der Waals surface area contributed by atoms with E-state index in [1.165, 1.54) is 17.0 Å². The Morgan fingerprint density at radius 1 is 1.14 bits per heavy atom. The molecule has 1 aliphatic rings. The summed E-state index contributed by atoms with van der Waals surface area (Å²) in [6.45, 7) is 7.33. The van der Waals surface area contributed by atoms with E-state index in [2.05, 4.69) is 41.7 Å². The highest BCUT2D eigenvalue weighted by molar-refractivity contribution is 7.80. The zero-order chi connectivity index (χ0) is 19.8. The number of benzene rings is 1. The van der Waals surface area contributed by atoms with Crippen LogP contribution in [0.4, 0.5) is 5.69 Å². The van der Waals surface area contributed by atoms with Crippen LogP contribution in [-0.4, -0.2) is 19.8 Å². The molecular weight excluding hydrogens is 368 g/mol. The highest BCUT2D eigenvalue weighted by Gasteiger charge is 2.42. The van der Waals surface area contributed by atoms with Crippen molar-refractivity contribution in [2.75, 3.05) is 4.90 Å². The maximum Gasteiger partial charge on any atom is 0.174 e. The van der Waals surface area contributed by atoms with Gasteiger partial charge >= 0.3 is 0 Å². The maximum atomic E-state index is 10.5. The number of hydrogen-bond acceptors (Lipinski definition) is 3. The van der Waals surface area contributed by atoms with E-state index in [1.54, 1.807) is 12.3 Å². The Labute approximate surface area is 170 Å². The topological polar surface area (TPSA) is 53.3 Å². The fraction of sp³-hybridized carbons (Fsp3) is 0.273. The largest absolute Gasteiger partial charge is 0.506 e. The fourth-order valence-electron chi connectivity index (χ4n) is 4.21. The maximum absolute atomic E-state index is 10.5. The van der Waals surface area contributed by atoms with E-state index >= 15 is 0 Å². The number of aromatic hydroxyl groups is 1. The van der Waals surface area contributed by atoms with E-state index in [0.717, 1.165) is 12.2 Å². The third-order valence-corrected chi connectivity index (χ3v) is 5.80. The molecule has 4 rings (SSSR count). The van der Waals surface area contributed by atoms with Crippen molar-refractivity contribution < 1.29 is 5.11 Å². The van der Waals surface area contributed by atoms with Gasteiger partial charge in [0.2, 0.25) is 0 Å². The molecule has 1 aromatic carbocycles. The van der Waals surface area contributed by atoms with E-state index in [1.807, 2.05) is 41.3 Å². The third-order valence-electron chi connectivity index (χ3n) is 5.49. The first-order valence-electron chi connectivity index (χ1n) is 9.48. The van der Waals surface area contributed by atoms with Gasteiger partial charge < -0.3 is 19.9 Å². The lowest BCUT2D eigenvalue weighted by molar-refractivity contribution is 0.472. The number of aryl methyl sites for hydroxylation is 1. The molecule has 0 amide bonds. The summed E-state index contributed by atoms with van der Waals surface area (Å²) < 4.78 is 2.30. The average molecular weight is 393 g/mol. The minimum atomic E-state index is -0.112. The quantitative estimate of drug-likeness (QED) is 0.645. The van der Waals surface area contributed by atoms with Crippen molar-refractivity contribution in [3.8, 4) is 5.75 Å². The standard InChI is InChI=1S/C22H24N4OS/c1-4-25-14(2)13-16(15(25)3)21-20(17-9-7-8-12-23-17)24-22(28)26(21)18-10-5-6-11-19(18)27/h5-13,20-21,27H,4H2,1-3H3,(H,24,28)/t20-,21-/m1/s1. The molecule has 3 heterocycles.